The third-order valence-electron chi connectivity index (χ3n) is 5.92. The maximum atomic E-state index is 14.5. The smallest absolute Gasteiger partial charge is 0.251 e. The van der Waals surface area contributed by atoms with E-state index in [1.165, 1.54) is 0 Å². The van der Waals surface area contributed by atoms with Gasteiger partial charge in [-0.15, -0.1) is 0 Å². The molecule has 8 heteroatoms. The van der Waals surface area contributed by atoms with Gasteiger partial charge in [-0.25, -0.2) is 17.8 Å². The summed E-state index contributed by atoms with van der Waals surface area (Å²) in [7, 11) is -3.25. The maximum absolute atomic E-state index is 14.5. The lowest BCUT2D eigenvalue weighted by Gasteiger charge is -2.10. The standard InChI is InChI=1S/C26H26FN3O3S/c1-4-34(32,33)22-11-8-19(9-12-22)15-28-26(31)20-10-13-24-23(14-20)29-18(3)30(24)16-21-7-5-6-17(2)25(21)27/h5-14H,4,15-16H2,1-3H3,(H,28,31). The molecule has 1 aromatic heterocycles. The Labute approximate surface area is 198 Å². The van der Waals surface area contributed by atoms with Crippen LogP contribution in [0.4, 0.5) is 4.39 Å². The highest BCUT2D eigenvalue weighted by atomic mass is 32.2. The Bertz CT molecular complexity index is 1480. The molecule has 0 saturated carbocycles. The van der Waals surface area contributed by atoms with Gasteiger partial charge in [0, 0.05) is 17.7 Å². The first-order chi connectivity index (χ1) is 16.2. The van der Waals surface area contributed by atoms with E-state index in [9.17, 15) is 17.6 Å². The topological polar surface area (TPSA) is 81.1 Å². The molecular weight excluding hydrogens is 453 g/mol. The number of benzene rings is 3. The van der Waals surface area contributed by atoms with Crippen molar-refractivity contribution in [2.45, 2.75) is 38.8 Å². The third kappa shape index (κ3) is 4.72. The number of fused-ring (bicyclic) bond motifs is 1. The van der Waals surface area contributed by atoms with Crippen LogP contribution in [0.3, 0.4) is 0 Å². The third-order valence-corrected chi connectivity index (χ3v) is 7.67. The normalized spacial score (nSPS) is 11.6. The fraction of sp³-hybridized carbons (Fsp3) is 0.231. The summed E-state index contributed by atoms with van der Waals surface area (Å²) in [6.07, 6.45) is 0. The molecule has 6 nitrogen and oxygen atoms in total. The SMILES string of the molecule is CCS(=O)(=O)c1ccc(CNC(=O)c2ccc3c(c2)nc(C)n3Cc2cccc(C)c2F)cc1. The van der Waals surface area contributed by atoms with Gasteiger partial charge in [0.1, 0.15) is 11.6 Å². The fourth-order valence-electron chi connectivity index (χ4n) is 3.86. The Balaban J connectivity index is 1.49. The summed E-state index contributed by atoms with van der Waals surface area (Å²) in [6, 6.07) is 17.1. The summed E-state index contributed by atoms with van der Waals surface area (Å²) >= 11 is 0. The van der Waals surface area contributed by atoms with Crippen molar-refractivity contribution in [3.63, 3.8) is 0 Å². The summed E-state index contributed by atoms with van der Waals surface area (Å²) in [4.78, 5) is 17.5. The second kappa shape index (κ2) is 9.38. The minimum absolute atomic E-state index is 0.0424. The molecule has 0 bridgehead atoms. The predicted molar refractivity (Wildman–Crippen MR) is 130 cm³/mol. The molecule has 1 amide bonds. The van der Waals surface area contributed by atoms with E-state index < -0.39 is 9.84 Å². The molecule has 0 aliphatic heterocycles. The quantitative estimate of drug-likeness (QED) is 0.421. The Morgan fingerprint density at radius 2 is 1.79 bits per heavy atom. The van der Waals surface area contributed by atoms with E-state index in [0.717, 1.165) is 16.9 Å². The van der Waals surface area contributed by atoms with Crippen molar-refractivity contribution in [3.8, 4) is 0 Å². The Morgan fingerprint density at radius 3 is 2.50 bits per heavy atom. The summed E-state index contributed by atoms with van der Waals surface area (Å²) < 4.78 is 40.3. The monoisotopic (exact) mass is 479 g/mol. The van der Waals surface area contributed by atoms with Crippen molar-refractivity contribution in [1.82, 2.24) is 14.9 Å². The van der Waals surface area contributed by atoms with Crippen molar-refractivity contribution in [2.24, 2.45) is 0 Å². The number of carbonyl (C=O) groups excluding carboxylic acids is 1. The molecule has 0 saturated heterocycles. The van der Waals surface area contributed by atoms with Crippen molar-refractivity contribution >= 4 is 26.8 Å². The van der Waals surface area contributed by atoms with E-state index in [4.69, 9.17) is 0 Å². The van der Waals surface area contributed by atoms with Gasteiger partial charge in [0.15, 0.2) is 9.84 Å². The van der Waals surface area contributed by atoms with E-state index in [-0.39, 0.29) is 28.9 Å². The lowest BCUT2D eigenvalue weighted by atomic mass is 10.1. The number of nitrogens with zero attached hydrogens (tertiary/aromatic N) is 2. The van der Waals surface area contributed by atoms with E-state index in [0.29, 0.717) is 28.8 Å². The van der Waals surface area contributed by atoms with E-state index in [1.807, 2.05) is 23.6 Å². The number of aryl methyl sites for hydroxylation is 2. The maximum Gasteiger partial charge on any atom is 0.251 e. The van der Waals surface area contributed by atoms with Crippen LogP contribution >= 0.6 is 0 Å². The number of imidazole rings is 1. The van der Waals surface area contributed by atoms with Crippen LogP contribution in [-0.4, -0.2) is 29.6 Å². The molecule has 0 unspecified atom stereocenters. The molecule has 4 rings (SSSR count). The summed E-state index contributed by atoms with van der Waals surface area (Å²) in [5.74, 6) is 0.292. The molecule has 0 fully saturated rings. The molecule has 0 aliphatic rings. The lowest BCUT2D eigenvalue weighted by Crippen LogP contribution is -2.22. The van der Waals surface area contributed by atoms with Gasteiger partial charge in [-0.3, -0.25) is 4.79 Å². The van der Waals surface area contributed by atoms with Crippen LogP contribution in [-0.2, 0) is 22.9 Å². The predicted octanol–water partition coefficient (Wildman–Crippen LogP) is 4.56. The van der Waals surface area contributed by atoms with Gasteiger partial charge in [0.05, 0.1) is 28.2 Å². The first kappa shape index (κ1) is 23.6. The number of hydrogen-bond donors (Lipinski definition) is 1. The summed E-state index contributed by atoms with van der Waals surface area (Å²) in [5, 5.41) is 2.85. The fourth-order valence-corrected chi connectivity index (χ4v) is 4.74. The zero-order chi connectivity index (χ0) is 24.5. The van der Waals surface area contributed by atoms with Crippen LogP contribution in [0.1, 0.15) is 39.8 Å². The van der Waals surface area contributed by atoms with E-state index >= 15 is 0 Å². The Hall–Kier alpha value is -3.52. The van der Waals surface area contributed by atoms with Crippen LogP contribution in [0.5, 0.6) is 0 Å². The summed E-state index contributed by atoms with van der Waals surface area (Å²) in [5.41, 5.74) is 3.92. The van der Waals surface area contributed by atoms with Crippen molar-refractivity contribution in [2.75, 3.05) is 5.75 Å². The molecule has 0 aliphatic carbocycles. The molecule has 1 heterocycles. The second-order valence-corrected chi connectivity index (χ2v) is 10.5. The van der Waals surface area contributed by atoms with Crippen LogP contribution in [0.15, 0.2) is 65.6 Å². The van der Waals surface area contributed by atoms with E-state index in [2.05, 4.69) is 10.3 Å². The Morgan fingerprint density at radius 1 is 1.06 bits per heavy atom. The molecule has 3 aromatic carbocycles. The zero-order valence-electron chi connectivity index (χ0n) is 19.3. The van der Waals surface area contributed by atoms with Crippen LogP contribution in [0.2, 0.25) is 0 Å². The minimum Gasteiger partial charge on any atom is -0.348 e. The molecule has 176 valence electrons. The Kier molecular flexibility index (Phi) is 6.52. The average molecular weight is 480 g/mol. The van der Waals surface area contributed by atoms with Gasteiger partial charge in [0.2, 0.25) is 0 Å². The lowest BCUT2D eigenvalue weighted by molar-refractivity contribution is 0.0951. The van der Waals surface area contributed by atoms with Crippen molar-refractivity contribution in [3.05, 3.63) is 94.6 Å². The second-order valence-electron chi connectivity index (χ2n) is 8.23. The number of halogens is 1. The van der Waals surface area contributed by atoms with Gasteiger partial charge >= 0.3 is 0 Å². The average Bonchev–Trinajstić information content (AvgIpc) is 3.14. The minimum atomic E-state index is -3.25. The first-order valence-electron chi connectivity index (χ1n) is 11.0. The number of nitrogens with one attached hydrogen (secondary N) is 1. The molecule has 0 spiro atoms. The molecule has 0 radical (unpaired) electrons. The van der Waals surface area contributed by atoms with Gasteiger partial charge < -0.3 is 9.88 Å². The largest absolute Gasteiger partial charge is 0.348 e. The highest BCUT2D eigenvalue weighted by molar-refractivity contribution is 7.91. The van der Waals surface area contributed by atoms with Crippen LogP contribution < -0.4 is 5.32 Å². The number of rotatable bonds is 7. The molecule has 34 heavy (non-hydrogen) atoms. The van der Waals surface area contributed by atoms with Gasteiger partial charge in [0.25, 0.3) is 5.91 Å². The van der Waals surface area contributed by atoms with Crippen LogP contribution in [0.25, 0.3) is 11.0 Å². The van der Waals surface area contributed by atoms with Gasteiger partial charge in [-0.1, -0.05) is 37.3 Å². The summed E-state index contributed by atoms with van der Waals surface area (Å²) in [6.45, 7) is 5.82. The number of hydrogen-bond acceptors (Lipinski definition) is 4. The van der Waals surface area contributed by atoms with Gasteiger partial charge in [-0.05, 0) is 55.3 Å². The highest BCUT2D eigenvalue weighted by Gasteiger charge is 2.15. The highest BCUT2D eigenvalue weighted by Crippen LogP contribution is 2.21. The molecule has 1 N–H and O–H groups in total. The molecule has 0 atom stereocenters. The van der Waals surface area contributed by atoms with Crippen molar-refractivity contribution < 1.29 is 17.6 Å². The zero-order valence-corrected chi connectivity index (χ0v) is 20.1. The number of aromatic nitrogens is 2. The van der Waals surface area contributed by atoms with Gasteiger partial charge in [-0.2, -0.15) is 0 Å². The number of carbonyl (C=O) groups is 1. The van der Waals surface area contributed by atoms with E-state index in [1.54, 1.807) is 62.4 Å². The number of sulfone groups is 1. The van der Waals surface area contributed by atoms with Crippen LogP contribution in [0, 0.1) is 19.7 Å². The number of amides is 1. The van der Waals surface area contributed by atoms with Crippen molar-refractivity contribution in [1.29, 1.82) is 0 Å². The molecular formula is C26H26FN3O3S. The first-order valence-corrected chi connectivity index (χ1v) is 12.7. The molecule has 4 aromatic rings.